The lowest BCUT2D eigenvalue weighted by atomic mass is 9.65. The molecule has 0 radical (unpaired) electrons. The van der Waals surface area contributed by atoms with E-state index in [4.69, 9.17) is 13.9 Å². The Morgan fingerprint density at radius 3 is 2.34 bits per heavy atom. The molecule has 1 aliphatic carbocycles. The second-order valence-electron chi connectivity index (χ2n) is 10.5. The Hall–Kier alpha value is -2.97. The van der Waals surface area contributed by atoms with E-state index in [0.717, 1.165) is 12.1 Å². The van der Waals surface area contributed by atoms with Crippen molar-refractivity contribution < 1.29 is 36.7 Å². The van der Waals surface area contributed by atoms with Gasteiger partial charge in [0, 0.05) is 12.6 Å². The molecule has 2 aliphatic heterocycles. The van der Waals surface area contributed by atoms with Gasteiger partial charge in [-0.25, -0.2) is 4.79 Å². The van der Waals surface area contributed by atoms with Crippen molar-refractivity contribution >= 4 is 11.9 Å². The molecule has 1 aromatic carbocycles. The van der Waals surface area contributed by atoms with Crippen molar-refractivity contribution in [3.05, 3.63) is 41.2 Å². The van der Waals surface area contributed by atoms with Gasteiger partial charge in [-0.1, -0.05) is 0 Å². The average Bonchev–Trinajstić information content (AvgIpc) is 3.18. The molecule has 3 fully saturated rings. The number of ether oxygens (including phenoxy) is 2. The Morgan fingerprint density at radius 1 is 1.11 bits per heavy atom. The number of carbonyl (C=O) groups excluding carboxylic acids is 2. The molecule has 1 saturated carbocycles. The van der Waals surface area contributed by atoms with E-state index in [1.807, 2.05) is 0 Å². The number of amides is 1. The molecule has 1 amide bonds. The third kappa shape index (κ3) is 4.77. The number of hydrogen-bond acceptors (Lipinski definition) is 5. The van der Waals surface area contributed by atoms with E-state index >= 15 is 0 Å². The Balaban J connectivity index is 1.63. The van der Waals surface area contributed by atoms with Crippen LogP contribution in [0.5, 0.6) is 5.75 Å². The predicted molar refractivity (Wildman–Crippen MR) is 122 cm³/mol. The standard InChI is InChI=1S/C26H30F3NO5/c1-15-12-20(34-21(15)18-7-6-16(26(27,28)29)13-19(18)33-5)22(31)25-10-8-17(9-11-25)30(14-25)23(32)35-24(2,3)4/h6-7,12-13,17H,8-11,14H2,1-5H3. The molecule has 0 N–H and O–H groups in total. The zero-order valence-corrected chi connectivity index (χ0v) is 20.5. The fourth-order valence-electron chi connectivity index (χ4n) is 5.09. The van der Waals surface area contributed by atoms with Gasteiger partial charge < -0.3 is 18.8 Å². The van der Waals surface area contributed by atoms with Gasteiger partial charge in [0.25, 0.3) is 0 Å². The number of benzene rings is 1. The highest BCUT2D eigenvalue weighted by Gasteiger charge is 2.52. The number of methoxy groups -OCH3 is 1. The highest BCUT2D eigenvalue weighted by Crippen LogP contribution is 2.48. The molecular formula is C26H30F3NO5. The Kier molecular flexibility index (Phi) is 6.18. The quantitative estimate of drug-likeness (QED) is 0.447. The van der Waals surface area contributed by atoms with Crippen molar-refractivity contribution in [2.24, 2.45) is 5.41 Å². The van der Waals surface area contributed by atoms with Crippen LogP contribution in [0.3, 0.4) is 0 Å². The lowest BCUT2D eigenvalue weighted by Crippen LogP contribution is -2.59. The summed E-state index contributed by atoms with van der Waals surface area (Å²) in [6, 6.07) is 4.82. The van der Waals surface area contributed by atoms with E-state index in [1.54, 1.807) is 38.7 Å². The summed E-state index contributed by atoms with van der Waals surface area (Å²) in [4.78, 5) is 28.2. The van der Waals surface area contributed by atoms with Gasteiger partial charge in [0.1, 0.15) is 17.1 Å². The van der Waals surface area contributed by atoms with Gasteiger partial charge >= 0.3 is 12.3 Å². The zero-order chi connectivity index (χ0) is 25.8. The molecule has 3 aliphatic rings. The van der Waals surface area contributed by atoms with Crippen LogP contribution in [0.15, 0.2) is 28.7 Å². The van der Waals surface area contributed by atoms with Crippen molar-refractivity contribution in [3.8, 4) is 17.1 Å². The number of fused-ring (bicyclic) bond motifs is 3. The molecule has 2 aromatic rings. The molecule has 0 spiro atoms. The zero-order valence-electron chi connectivity index (χ0n) is 20.5. The highest BCUT2D eigenvalue weighted by molar-refractivity contribution is 6.00. The summed E-state index contributed by atoms with van der Waals surface area (Å²) < 4.78 is 56.1. The van der Waals surface area contributed by atoms with E-state index < -0.39 is 28.8 Å². The fourth-order valence-corrected chi connectivity index (χ4v) is 5.09. The minimum Gasteiger partial charge on any atom is -0.496 e. The van der Waals surface area contributed by atoms with Crippen LogP contribution in [0.1, 0.15) is 68.1 Å². The molecule has 5 rings (SSSR count). The molecule has 35 heavy (non-hydrogen) atoms. The summed E-state index contributed by atoms with van der Waals surface area (Å²) >= 11 is 0. The molecule has 1 aromatic heterocycles. The number of nitrogens with zero attached hydrogens (tertiary/aromatic N) is 1. The SMILES string of the molecule is COc1cc(C(F)(F)F)ccc1-c1oc(C(=O)C23CCC(CC2)N(C(=O)OC(C)(C)C)C3)cc1C. The fraction of sp³-hybridized carbons (Fsp3) is 0.538. The molecular weight excluding hydrogens is 463 g/mol. The topological polar surface area (TPSA) is 69.0 Å². The molecule has 2 bridgehead atoms. The van der Waals surface area contributed by atoms with Gasteiger partial charge in [-0.3, -0.25) is 4.79 Å². The smallest absolute Gasteiger partial charge is 0.416 e. The van der Waals surface area contributed by atoms with E-state index in [1.165, 1.54) is 13.2 Å². The van der Waals surface area contributed by atoms with Crippen LogP contribution >= 0.6 is 0 Å². The minimum atomic E-state index is -4.51. The molecule has 9 heteroatoms. The normalized spacial score (nSPS) is 22.3. The second kappa shape index (κ2) is 8.60. The first-order valence-electron chi connectivity index (χ1n) is 11.6. The third-order valence-electron chi connectivity index (χ3n) is 6.85. The van der Waals surface area contributed by atoms with Gasteiger partial charge in [0.15, 0.2) is 5.76 Å². The van der Waals surface area contributed by atoms with Crippen LogP contribution in [0.25, 0.3) is 11.3 Å². The number of furan rings is 1. The summed E-state index contributed by atoms with van der Waals surface area (Å²) in [6.07, 6.45) is -2.27. The first kappa shape index (κ1) is 25.1. The van der Waals surface area contributed by atoms with Crippen LogP contribution < -0.4 is 4.74 Å². The Morgan fingerprint density at radius 2 is 1.77 bits per heavy atom. The first-order valence-corrected chi connectivity index (χ1v) is 11.6. The maximum absolute atomic E-state index is 13.7. The molecule has 6 nitrogen and oxygen atoms in total. The van der Waals surface area contributed by atoms with Crippen LogP contribution in [-0.2, 0) is 10.9 Å². The maximum Gasteiger partial charge on any atom is 0.416 e. The van der Waals surface area contributed by atoms with Gasteiger partial charge in [-0.2, -0.15) is 13.2 Å². The van der Waals surface area contributed by atoms with Crippen LogP contribution in [0, 0.1) is 12.3 Å². The van der Waals surface area contributed by atoms with Crippen molar-refractivity contribution in [1.82, 2.24) is 4.90 Å². The maximum atomic E-state index is 13.7. The third-order valence-corrected chi connectivity index (χ3v) is 6.85. The van der Waals surface area contributed by atoms with E-state index in [2.05, 4.69) is 0 Å². The summed E-state index contributed by atoms with van der Waals surface area (Å²) in [6.45, 7) is 7.39. The number of ketones is 1. The van der Waals surface area contributed by atoms with Gasteiger partial charge in [0.2, 0.25) is 5.78 Å². The minimum absolute atomic E-state index is 0.00344. The molecule has 190 valence electrons. The van der Waals surface area contributed by atoms with Crippen LogP contribution in [-0.4, -0.2) is 42.1 Å². The van der Waals surface area contributed by atoms with Crippen molar-refractivity contribution in [1.29, 1.82) is 0 Å². The number of halogens is 3. The van der Waals surface area contributed by atoms with E-state index in [9.17, 15) is 22.8 Å². The highest BCUT2D eigenvalue weighted by atomic mass is 19.4. The molecule has 2 saturated heterocycles. The number of hydrogen-bond donors (Lipinski definition) is 0. The van der Waals surface area contributed by atoms with Crippen LogP contribution in [0.4, 0.5) is 18.0 Å². The van der Waals surface area contributed by atoms with E-state index in [0.29, 0.717) is 36.8 Å². The van der Waals surface area contributed by atoms with Gasteiger partial charge in [-0.15, -0.1) is 0 Å². The van der Waals surface area contributed by atoms with Crippen LogP contribution in [0.2, 0.25) is 0 Å². The summed E-state index contributed by atoms with van der Waals surface area (Å²) in [5, 5.41) is 0. The predicted octanol–water partition coefficient (Wildman–Crippen LogP) is 6.64. The Bertz CT molecular complexity index is 1140. The first-order chi connectivity index (χ1) is 16.2. The molecule has 0 atom stereocenters. The van der Waals surface area contributed by atoms with Crippen molar-refractivity contribution in [2.45, 2.75) is 71.2 Å². The van der Waals surface area contributed by atoms with Crippen molar-refractivity contribution in [2.75, 3.05) is 13.7 Å². The summed E-state index contributed by atoms with van der Waals surface area (Å²) in [5.41, 5.74) is -1.32. The number of alkyl halides is 3. The average molecular weight is 494 g/mol. The summed E-state index contributed by atoms with van der Waals surface area (Å²) in [5.74, 6) is 0.209. The van der Waals surface area contributed by atoms with Gasteiger partial charge in [0.05, 0.1) is 23.7 Å². The lowest BCUT2D eigenvalue weighted by Gasteiger charge is -2.51. The van der Waals surface area contributed by atoms with Gasteiger partial charge in [-0.05, 0) is 83.2 Å². The molecule has 0 unspecified atom stereocenters. The number of carbonyl (C=O) groups is 2. The van der Waals surface area contributed by atoms with Crippen molar-refractivity contribution in [3.63, 3.8) is 0 Å². The molecule has 3 heterocycles. The Labute approximate surface area is 202 Å². The number of rotatable bonds is 4. The monoisotopic (exact) mass is 493 g/mol. The number of aryl methyl sites for hydroxylation is 1. The largest absolute Gasteiger partial charge is 0.496 e. The van der Waals surface area contributed by atoms with E-state index in [-0.39, 0.29) is 35.6 Å². The number of piperidine rings is 2. The second-order valence-corrected chi connectivity index (χ2v) is 10.5. The summed E-state index contributed by atoms with van der Waals surface area (Å²) in [7, 11) is 1.29. The number of Topliss-reactive ketones (excluding diaryl/α,β-unsaturated/α-hetero) is 1. The lowest BCUT2D eigenvalue weighted by molar-refractivity contribution is -0.137.